The monoisotopic (exact) mass is 216 g/mol. The van der Waals surface area contributed by atoms with E-state index in [9.17, 15) is 0 Å². The lowest BCUT2D eigenvalue weighted by molar-refractivity contribution is 0.693. The molecule has 4 heteroatoms. The van der Waals surface area contributed by atoms with Crippen LogP contribution in [0.2, 0.25) is 0 Å². The first-order valence-electron chi connectivity index (χ1n) is 3.99. The average molecular weight is 217 g/mol. The highest BCUT2D eigenvalue weighted by Crippen LogP contribution is 2.20. The summed E-state index contributed by atoms with van der Waals surface area (Å²) in [4.78, 5) is 0. The van der Waals surface area contributed by atoms with Crippen LogP contribution < -0.4 is 0 Å². The molecule has 0 saturated heterocycles. The average Bonchev–Trinajstić information content (AvgIpc) is 2.41. The number of alkyl halides is 1. The van der Waals surface area contributed by atoms with Gasteiger partial charge in [-0.25, -0.2) is 0 Å². The van der Waals surface area contributed by atoms with Gasteiger partial charge in [0.25, 0.3) is 0 Å². The van der Waals surface area contributed by atoms with Crippen LogP contribution in [0.4, 0.5) is 0 Å². The minimum absolute atomic E-state index is 0.532. The zero-order valence-electron chi connectivity index (χ0n) is 7.88. The van der Waals surface area contributed by atoms with Gasteiger partial charge in [-0.1, -0.05) is 12.2 Å². The quantitative estimate of drug-likeness (QED) is 0.438. The maximum Gasteiger partial charge on any atom is 0.0942 e. The Kier molecular flexibility index (Phi) is 3.88. The zero-order chi connectivity index (χ0) is 9.84. The van der Waals surface area contributed by atoms with E-state index in [0.717, 1.165) is 22.0 Å². The summed E-state index contributed by atoms with van der Waals surface area (Å²) in [7, 11) is 1.94. The smallest absolute Gasteiger partial charge is 0.0942 e. The van der Waals surface area contributed by atoms with Crippen LogP contribution in [0.3, 0.4) is 0 Å². The van der Waals surface area contributed by atoms with Crippen molar-refractivity contribution < 1.29 is 0 Å². The van der Waals surface area contributed by atoms with Crippen molar-refractivity contribution in [1.29, 1.82) is 0 Å². The molecule has 0 aliphatic rings. The van der Waals surface area contributed by atoms with Gasteiger partial charge in [0.05, 0.1) is 10.7 Å². The van der Waals surface area contributed by atoms with Crippen LogP contribution in [-0.2, 0) is 7.05 Å². The van der Waals surface area contributed by atoms with Crippen molar-refractivity contribution in [2.24, 2.45) is 7.05 Å². The van der Waals surface area contributed by atoms with E-state index in [1.165, 1.54) is 0 Å². The Hall–Kier alpha value is -0.410. The second kappa shape index (κ2) is 4.72. The fourth-order valence-electron chi connectivity index (χ4n) is 0.937. The third-order valence-electron chi connectivity index (χ3n) is 1.57. The van der Waals surface area contributed by atoms with Gasteiger partial charge in [0, 0.05) is 18.7 Å². The maximum absolute atomic E-state index is 5.63. The molecule has 0 aromatic carbocycles. The highest BCUT2D eigenvalue weighted by atomic mass is 35.5. The number of halogens is 1. The van der Waals surface area contributed by atoms with Crippen LogP contribution in [0.5, 0.6) is 0 Å². The second-order valence-electron chi connectivity index (χ2n) is 2.92. The summed E-state index contributed by atoms with van der Waals surface area (Å²) in [5, 5.41) is 5.40. The van der Waals surface area contributed by atoms with E-state index in [2.05, 4.69) is 17.7 Å². The number of hydrogen-bond acceptors (Lipinski definition) is 2. The van der Waals surface area contributed by atoms with Gasteiger partial charge in [0.15, 0.2) is 0 Å². The maximum atomic E-state index is 5.63. The normalized spacial score (nSPS) is 10.4. The predicted octanol–water partition coefficient (Wildman–Crippen LogP) is 2.62. The highest BCUT2D eigenvalue weighted by molar-refractivity contribution is 7.99. The van der Waals surface area contributed by atoms with Crippen LogP contribution in [0.25, 0.3) is 0 Å². The fraction of sp³-hybridized carbons (Fsp3) is 0.444. The van der Waals surface area contributed by atoms with Gasteiger partial charge in [-0.3, -0.25) is 4.68 Å². The van der Waals surface area contributed by atoms with Crippen molar-refractivity contribution in [1.82, 2.24) is 9.78 Å². The van der Waals surface area contributed by atoms with Crippen molar-refractivity contribution in [3.8, 4) is 0 Å². The van der Waals surface area contributed by atoms with Crippen LogP contribution in [0.1, 0.15) is 5.69 Å². The molecular weight excluding hydrogens is 204 g/mol. The second-order valence-corrected chi connectivity index (χ2v) is 4.18. The number of thioether (sulfide) groups is 1. The Morgan fingerprint density at radius 3 is 2.92 bits per heavy atom. The van der Waals surface area contributed by atoms with E-state index in [-0.39, 0.29) is 0 Å². The Morgan fingerprint density at radius 1 is 1.77 bits per heavy atom. The molecule has 0 unspecified atom stereocenters. The molecular formula is C9H13ClN2S. The van der Waals surface area contributed by atoms with Gasteiger partial charge in [-0.15, -0.1) is 23.4 Å². The van der Waals surface area contributed by atoms with Gasteiger partial charge < -0.3 is 0 Å². The summed E-state index contributed by atoms with van der Waals surface area (Å²) in [6, 6.07) is 2.06. The van der Waals surface area contributed by atoms with E-state index in [4.69, 9.17) is 11.6 Å². The standard InChI is InChI=1S/C9H13ClN2S/c1-7(5-10)6-13-9-4-8(2)11-12(9)3/h4H,1,5-6H2,2-3H3. The molecule has 1 aromatic heterocycles. The van der Waals surface area contributed by atoms with E-state index in [1.807, 2.05) is 18.7 Å². The third-order valence-corrected chi connectivity index (χ3v) is 3.18. The Labute approximate surface area is 88.0 Å². The van der Waals surface area contributed by atoms with Crippen LogP contribution in [0.15, 0.2) is 23.2 Å². The van der Waals surface area contributed by atoms with Crippen molar-refractivity contribution in [3.63, 3.8) is 0 Å². The van der Waals surface area contributed by atoms with Crippen LogP contribution in [0, 0.1) is 6.92 Å². The zero-order valence-corrected chi connectivity index (χ0v) is 9.45. The SMILES string of the molecule is C=C(CCl)CSc1cc(C)nn1C. The lowest BCUT2D eigenvalue weighted by Gasteiger charge is -2.01. The molecule has 0 N–H and O–H groups in total. The van der Waals surface area contributed by atoms with Gasteiger partial charge in [0.2, 0.25) is 0 Å². The van der Waals surface area contributed by atoms with Gasteiger partial charge in [-0.2, -0.15) is 5.10 Å². The van der Waals surface area contributed by atoms with Gasteiger partial charge in [0.1, 0.15) is 0 Å². The molecule has 0 aliphatic carbocycles. The summed E-state index contributed by atoms with van der Waals surface area (Å²) in [5.74, 6) is 1.40. The summed E-state index contributed by atoms with van der Waals surface area (Å²) < 4.78 is 1.88. The van der Waals surface area contributed by atoms with Gasteiger partial charge >= 0.3 is 0 Å². The topological polar surface area (TPSA) is 17.8 Å². The van der Waals surface area contributed by atoms with Crippen LogP contribution >= 0.6 is 23.4 Å². The van der Waals surface area contributed by atoms with Crippen molar-refractivity contribution in [2.45, 2.75) is 11.9 Å². The minimum atomic E-state index is 0.532. The molecule has 13 heavy (non-hydrogen) atoms. The molecule has 0 radical (unpaired) electrons. The number of aryl methyl sites for hydroxylation is 2. The van der Waals surface area contributed by atoms with E-state index >= 15 is 0 Å². The first-order chi connectivity index (χ1) is 6.13. The van der Waals surface area contributed by atoms with Gasteiger partial charge in [-0.05, 0) is 13.0 Å². The summed E-state index contributed by atoms with van der Waals surface area (Å²) >= 11 is 7.34. The molecule has 0 atom stereocenters. The highest BCUT2D eigenvalue weighted by Gasteiger charge is 2.02. The molecule has 0 fully saturated rings. The third kappa shape index (κ3) is 3.08. The summed E-state index contributed by atoms with van der Waals surface area (Å²) in [6.07, 6.45) is 0. The number of nitrogens with zero attached hydrogens (tertiary/aromatic N) is 2. The first kappa shape index (κ1) is 10.7. The molecule has 0 saturated carbocycles. The largest absolute Gasteiger partial charge is 0.262 e. The van der Waals surface area contributed by atoms with Crippen molar-refractivity contribution in [3.05, 3.63) is 23.9 Å². The van der Waals surface area contributed by atoms with E-state index in [0.29, 0.717) is 5.88 Å². The number of hydrogen-bond donors (Lipinski definition) is 0. The first-order valence-corrected chi connectivity index (χ1v) is 5.51. The van der Waals surface area contributed by atoms with E-state index < -0.39 is 0 Å². The number of rotatable bonds is 4. The molecule has 2 nitrogen and oxygen atoms in total. The number of aromatic nitrogens is 2. The molecule has 0 amide bonds. The van der Waals surface area contributed by atoms with Crippen molar-refractivity contribution in [2.75, 3.05) is 11.6 Å². The molecule has 1 rings (SSSR count). The van der Waals surface area contributed by atoms with E-state index in [1.54, 1.807) is 11.8 Å². The Morgan fingerprint density at radius 2 is 2.46 bits per heavy atom. The molecule has 0 spiro atoms. The lowest BCUT2D eigenvalue weighted by atomic mass is 10.4. The molecule has 0 aliphatic heterocycles. The Bertz CT molecular complexity index is 307. The van der Waals surface area contributed by atoms with Crippen LogP contribution in [-0.4, -0.2) is 21.4 Å². The fourth-order valence-corrected chi connectivity index (χ4v) is 2.08. The molecule has 72 valence electrons. The summed E-state index contributed by atoms with van der Waals surface area (Å²) in [5.41, 5.74) is 2.09. The molecule has 0 bridgehead atoms. The Balaban J connectivity index is 2.54. The van der Waals surface area contributed by atoms with Crippen molar-refractivity contribution >= 4 is 23.4 Å². The minimum Gasteiger partial charge on any atom is -0.262 e. The predicted molar refractivity (Wildman–Crippen MR) is 58.5 cm³/mol. The molecule has 1 heterocycles. The summed E-state index contributed by atoms with van der Waals surface area (Å²) in [6.45, 7) is 5.83. The lowest BCUT2D eigenvalue weighted by Crippen LogP contribution is -1.94. The molecule has 1 aromatic rings.